The fourth-order valence-electron chi connectivity index (χ4n) is 1.58. The monoisotopic (exact) mass is 324 g/mol. The summed E-state index contributed by atoms with van der Waals surface area (Å²) in [6.07, 6.45) is 0.607. The Labute approximate surface area is 118 Å². The fourth-order valence-corrected chi connectivity index (χ4v) is 1.68. The number of H-pyrrole nitrogens is 1. The number of aromatic amines is 1. The average molecular weight is 325 g/mol. The Morgan fingerprint density at radius 1 is 1.42 bits per heavy atom. The summed E-state index contributed by atoms with van der Waals surface area (Å²) < 4.78 is 0. The standard InChI is InChI=1S/C13H13BrN2O3/c1-2-9(14)12(17)16-19-13(18)11-7-8-5-3-4-6-10(8)15-11/h3-7,9,15H,2H2,1H3,(H,16,17). The van der Waals surface area contributed by atoms with Crippen molar-refractivity contribution in [3.05, 3.63) is 36.0 Å². The Morgan fingerprint density at radius 2 is 2.16 bits per heavy atom. The van der Waals surface area contributed by atoms with Crippen molar-refractivity contribution >= 4 is 38.7 Å². The maximum atomic E-state index is 11.7. The van der Waals surface area contributed by atoms with Gasteiger partial charge in [-0.25, -0.2) is 4.79 Å². The van der Waals surface area contributed by atoms with Gasteiger partial charge in [0.25, 0.3) is 5.91 Å². The first kappa shape index (κ1) is 13.6. The second-order valence-corrected chi connectivity index (χ2v) is 5.11. The molecule has 0 aliphatic heterocycles. The Bertz CT molecular complexity index is 576. The largest absolute Gasteiger partial charge is 0.379 e. The van der Waals surface area contributed by atoms with Gasteiger partial charge in [0, 0.05) is 10.9 Å². The molecule has 0 radical (unpaired) electrons. The third-order valence-corrected chi connectivity index (χ3v) is 3.70. The van der Waals surface area contributed by atoms with E-state index in [1.807, 2.05) is 31.2 Å². The van der Waals surface area contributed by atoms with E-state index in [4.69, 9.17) is 4.84 Å². The molecule has 2 N–H and O–H groups in total. The Balaban J connectivity index is 2.02. The van der Waals surface area contributed by atoms with Crippen LogP contribution in [0.1, 0.15) is 23.8 Å². The number of amides is 1. The van der Waals surface area contributed by atoms with Gasteiger partial charge in [0.15, 0.2) is 0 Å². The van der Waals surface area contributed by atoms with Crippen molar-refractivity contribution in [2.45, 2.75) is 18.2 Å². The number of hydroxylamine groups is 1. The Morgan fingerprint density at radius 3 is 2.84 bits per heavy atom. The molecule has 1 unspecified atom stereocenters. The van der Waals surface area contributed by atoms with Crippen LogP contribution < -0.4 is 5.48 Å². The van der Waals surface area contributed by atoms with Crippen molar-refractivity contribution in [1.29, 1.82) is 0 Å². The van der Waals surface area contributed by atoms with Gasteiger partial charge < -0.3 is 9.82 Å². The van der Waals surface area contributed by atoms with E-state index in [1.165, 1.54) is 0 Å². The number of nitrogens with one attached hydrogen (secondary N) is 2. The van der Waals surface area contributed by atoms with Gasteiger partial charge in [0.05, 0.1) is 4.83 Å². The molecule has 0 aliphatic carbocycles. The van der Waals surface area contributed by atoms with Crippen LogP contribution in [-0.2, 0) is 9.63 Å². The summed E-state index contributed by atoms with van der Waals surface area (Å²) in [5.74, 6) is -1.01. The zero-order chi connectivity index (χ0) is 13.8. The number of carbonyl (C=O) groups excluding carboxylic acids is 2. The molecule has 0 aliphatic rings. The van der Waals surface area contributed by atoms with Crippen molar-refractivity contribution in [1.82, 2.24) is 10.5 Å². The molecule has 100 valence electrons. The summed E-state index contributed by atoms with van der Waals surface area (Å²) in [5.41, 5.74) is 3.26. The minimum Gasteiger partial charge on any atom is -0.349 e. The quantitative estimate of drug-likeness (QED) is 0.673. The van der Waals surface area contributed by atoms with Gasteiger partial charge in [0.2, 0.25) is 0 Å². The molecule has 0 bridgehead atoms. The fraction of sp³-hybridized carbons (Fsp3) is 0.231. The maximum absolute atomic E-state index is 11.7. The molecule has 2 rings (SSSR count). The first-order chi connectivity index (χ1) is 9.11. The number of hydrogen-bond acceptors (Lipinski definition) is 3. The summed E-state index contributed by atoms with van der Waals surface area (Å²) in [4.78, 5) is 30.5. The van der Waals surface area contributed by atoms with Crippen molar-refractivity contribution in [3.8, 4) is 0 Å². The number of halogens is 1. The second-order valence-electron chi connectivity index (χ2n) is 4.00. The van der Waals surface area contributed by atoms with Crippen LogP contribution >= 0.6 is 15.9 Å². The minimum atomic E-state index is -0.625. The molecule has 0 saturated heterocycles. The number of hydrogen-bond donors (Lipinski definition) is 2. The molecule has 2 aromatic rings. The molecule has 1 amide bonds. The van der Waals surface area contributed by atoms with Crippen LogP contribution in [0.2, 0.25) is 0 Å². The van der Waals surface area contributed by atoms with Gasteiger partial charge >= 0.3 is 5.97 Å². The lowest BCUT2D eigenvalue weighted by atomic mass is 10.2. The normalized spacial score (nSPS) is 12.1. The predicted octanol–water partition coefficient (Wildman–Crippen LogP) is 2.53. The third kappa shape index (κ3) is 3.14. The third-order valence-electron chi connectivity index (χ3n) is 2.64. The summed E-state index contributed by atoms with van der Waals surface area (Å²) in [6.45, 7) is 1.85. The molecule has 5 nitrogen and oxygen atoms in total. The molecule has 1 heterocycles. The van der Waals surface area contributed by atoms with Crippen LogP contribution in [0.3, 0.4) is 0 Å². The molecule has 6 heteroatoms. The van der Waals surface area contributed by atoms with Crippen LogP contribution in [0.15, 0.2) is 30.3 Å². The molecular weight excluding hydrogens is 312 g/mol. The topological polar surface area (TPSA) is 71.2 Å². The second kappa shape index (κ2) is 5.88. The number of alkyl halides is 1. The van der Waals surface area contributed by atoms with Crippen LogP contribution in [0.25, 0.3) is 10.9 Å². The number of carbonyl (C=O) groups is 2. The molecular formula is C13H13BrN2O3. The summed E-state index contributed by atoms with van der Waals surface area (Å²) in [6, 6.07) is 9.16. The van der Waals surface area contributed by atoms with Crippen molar-refractivity contribution in [2.24, 2.45) is 0 Å². The number of fused-ring (bicyclic) bond motifs is 1. The van der Waals surface area contributed by atoms with E-state index in [2.05, 4.69) is 26.4 Å². The smallest absolute Gasteiger partial charge is 0.349 e. The summed E-state index contributed by atoms with van der Waals surface area (Å²) in [7, 11) is 0. The van der Waals surface area contributed by atoms with Crippen molar-refractivity contribution in [2.75, 3.05) is 0 Å². The predicted molar refractivity (Wildman–Crippen MR) is 74.9 cm³/mol. The van der Waals surface area contributed by atoms with Crippen molar-refractivity contribution in [3.63, 3.8) is 0 Å². The highest BCUT2D eigenvalue weighted by Gasteiger charge is 2.16. The van der Waals surface area contributed by atoms with E-state index in [1.54, 1.807) is 6.07 Å². The summed E-state index contributed by atoms with van der Waals surface area (Å²) in [5, 5.41) is 0.910. The van der Waals surface area contributed by atoms with Crippen LogP contribution in [0.4, 0.5) is 0 Å². The van der Waals surface area contributed by atoms with Crippen molar-refractivity contribution < 1.29 is 14.4 Å². The van der Waals surface area contributed by atoms with Gasteiger partial charge in [-0.3, -0.25) is 4.79 Å². The lowest BCUT2D eigenvalue weighted by molar-refractivity contribution is -0.129. The SMILES string of the molecule is CCC(Br)C(=O)NOC(=O)c1cc2ccccc2[nH]1. The van der Waals surface area contributed by atoms with E-state index >= 15 is 0 Å². The van der Waals surface area contributed by atoms with Gasteiger partial charge in [-0.05, 0) is 18.6 Å². The molecule has 1 aromatic heterocycles. The highest BCUT2D eigenvalue weighted by atomic mass is 79.9. The zero-order valence-electron chi connectivity index (χ0n) is 10.3. The molecule has 1 aromatic carbocycles. The highest BCUT2D eigenvalue weighted by Crippen LogP contribution is 2.15. The van der Waals surface area contributed by atoms with Crippen LogP contribution in [0.5, 0.6) is 0 Å². The van der Waals surface area contributed by atoms with Crippen LogP contribution in [-0.4, -0.2) is 21.7 Å². The van der Waals surface area contributed by atoms with E-state index in [0.29, 0.717) is 12.1 Å². The molecule has 19 heavy (non-hydrogen) atoms. The first-order valence-electron chi connectivity index (χ1n) is 5.84. The molecule has 1 atom stereocenters. The van der Waals surface area contributed by atoms with Gasteiger partial charge in [-0.15, -0.1) is 0 Å². The van der Waals surface area contributed by atoms with E-state index in [-0.39, 0.29) is 10.7 Å². The average Bonchev–Trinajstić information content (AvgIpc) is 2.87. The Kier molecular flexibility index (Phi) is 4.21. The molecule has 0 fully saturated rings. The first-order valence-corrected chi connectivity index (χ1v) is 6.76. The number of para-hydroxylation sites is 1. The lowest BCUT2D eigenvalue weighted by Crippen LogP contribution is -2.33. The molecule has 0 spiro atoms. The number of aromatic nitrogens is 1. The van der Waals surface area contributed by atoms with Gasteiger partial charge in [-0.1, -0.05) is 41.1 Å². The number of rotatable bonds is 3. The summed E-state index contributed by atoms with van der Waals surface area (Å²) >= 11 is 3.17. The van der Waals surface area contributed by atoms with Gasteiger partial charge in [-0.2, -0.15) is 5.48 Å². The zero-order valence-corrected chi connectivity index (χ0v) is 11.9. The maximum Gasteiger partial charge on any atom is 0.379 e. The van der Waals surface area contributed by atoms with Gasteiger partial charge in [0.1, 0.15) is 5.69 Å². The lowest BCUT2D eigenvalue weighted by Gasteiger charge is -2.07. The number of benzene rings is 1. The minimum absolute atomic E-state index is 0.295. The van der Waals surface area contributed by atoms with E-state index < -0.39 is 5.97 Å². The van der Waals surface area contributed by atoms with E-state index in [0.717, 1.165) is 10.9 Å². The Hall–Kier alpha value is -1.82. The highest BCUT2D eigenvalue weighted by molar-refractivity contribution is 9.10. The van der Waals surface area contributed by atoms with Crippen LogP contribution in [0, 0.1) is 0 Å². The van der Waals surface area contributed by atoms with E-state index in [9.17, 15) is 9.59 Å². The molecule has 0 saturated carbocycles.